The van der Waals surface area contributed by atoms with Gasteiger partial charge in [0.2, 0.25) is 0 Å². The SMILES string of the molecule is O=CCC=Cc1ccc(O)c(Cl)c1. The standard InChI is InChI=1S/C10H9ClO2/c11-9-7-8(3-1-2-6-12)4-5-10(9)13/h1,3-7,13H,2H2. The van der Waals surface area contributed by atoms with Gasteiger partial charge in [-0.25, -0.2) is 0 Å². The van der Waals surface area contributed by atoms with E-state index in [4.69, 9.17) is 16.7 Å². The predicted molar refractivity (Wildman–Crippen MR) is 52.8 cm³/mol. The highest BCUT2D eigenvalue weighted by Gasteiger charge is 1.96. The lowest BCUT2D eigenvalue weighted by Crippen LogP contribution is -1.74. The van der Waals surface area contributed by atoms with Gasteiger partial charge in [-0.3, -0.25) is 0 Å². The number of hydrogen-bond donors (Lipinski definition) is 1. The molecule has 13 heavy (non-hydrogen) atoms. The average molecular weight is 197 g/mol. The molecule has 3 heteroatoms. The van der Waals surface area contributed by atoms with Gasteiger partial charge in [-0.05, 0) is 17.7 Å². The molecule has 0 heterocycles. The first kappa shape index (κ1) is 9.81. The van der Waals surface area contributed by atoms with E-state index in [9.17, 15) is 4.79 Å². The monoisotopic (exact) mass is 196 g/mol. The van der Waals surface area contributed by atoms with Crippen LogP contribution in [0.3, 0.4) is 0 Å². The molecule has 0 atom stereocenters. The number of aldehydes is 1. The highest BCUT2D eigenvalue weighted by atomic mass is 35.5. The van der Waals surface area contributed by atoms with E-state index in [0.29, 0.717) is 11.4 Å². The number of phenolic OH excluding ortho intramolecular Hbond substituents is 1. The van der Waals surface area contributed by atoms with Gasteiger partial charge < -0.3 is 9.90 Å². The molecule has 2 nitrogen and oxygen atoms in total. The van der Waals surface area contributed by atoms with Crippen molar-refractivity contribution in [1.29, 1.82) is 0 Å². The van der Waals surface area contributed by atoms with Gasteiger partial charge in [0, 0.05) is 6.42 Å². The van der Waals surface area contributed by atoms with E-state index in [1.54, 1.807) is 24.3 Å². The maximum absolute atomic E-state index is 10.00. The number of hydrogen-bond acceptors (Lipinski definition) is 2. The summed E-state index contributed by atoms with van der Waals surface area (Å²) >= 11 is 5.67. The summed E-state index contributed by atoms with van der Waals surface area (Å²) in [7, 11) is 0. The fourth-order valence-electron chi connectivity index (χ4n) is 0.886. The highest BCUT2D eigenvalue weighted by Crippen LogP contribution is 2.24. The predicted octanol–water partition coefficient (Wildman–Crippen LogP) is 2.65. The summed E-state index contributed by atoms with van der Waals surface area (Å²) in [5.74, 6) is 0.0641. The molecule has 0 fully saturated rings. The van der Waals surface area contributed by atoms with Crippen molar-refractivity contribution < 1.29 is 9.90 Å². The van der Waals surface area contributed by atoms with Crippen LogP contribution in [0.5, 0.6) is 5.75 Å². The topological polar surface area (TPSA) is 37.3 Å². The van der Waals surface area contributed by atoms with Crippen LogP contribution in [0.1, 0.15) is 12.0 Å². The van der Waals surface area contributed by atoms with E-state index in [2.05, 4.69) is 0 Å². The van der Waals surface area contributed by atoms with Gasteiger partial charge >= 0.3 is 0 Å². The van der Waals surface area contributed by atoms with Gasteiger partial charge in [-0.15, -0.1) is 0 Å². The van der Waals surface area contributed by atoms with E-state index in [0.717, 1.165) is 11.8 Å². The minimum atomic E-state index is 0.0641. The van der Waals surface area contributed by atoms with Crippen molar-refractivity contribution in [2.45, 2.75) is 6.42 Å². The summed E-state index contributed by atoms with van der Waals surface area (Å²) < 4.78 is 0. The number of carbonyl (C=O) groups is 1. The molecule has 0 aliphatic rings. The molecule has 1 N–H and O–H groups in total. The van der Waals surface area contributed by atoms with Crippen LogP contribution < -0.4 is 0 Å². The Balaban J connectivity index is 2.79. The normalized spacial score (nSPS) is 10.5. The van der Waals surface area contributed by atoms with Crippen molar-refractivity contribution in [2.75, 3.05) is 0 Å². The minimum absolute atomic E-state index is 0.0641. The molecule has 0 aromatic heterocycles. The third-order valence-corrected chi connectivity index (χ3v) is 1.82. The molecular weight excluding hydrogens is 188 g/mol. The second-order valence-corrected chi connectivity index (χ2v) is 2.92. The number of carbonyl (C=O) groups excluding carboxylic acids is 1. The number of benzene rings is 1. The lowest BCUT2D eigenvalue weighted by Gasteiger charge is -1.97. The zero-order valence-corrected chi connectivity index (χ0v) is 7.66. The third kappa shape index (κ3) is 2.92. The van der Waals surface area contributed by atoms with Crippen LogP contribution >= 0.6 is 11.6 Å². The molecule has 0 amide bonds. The zero-order chi connectivity index (χ0) is 9.68. The molecule has 1 aromatic carbocycles. The van der Waals surface area contributed by atoms with Crippen LogP contribution in [0.15, 0.2) is 24.3 Å². The van der Waals surface area contributed by atoms with Gasteiger partial charge in [0.1, 0.15) is 12.0 Å². The van der Waals surface area contributed by atoms with E-state index in [-0.39, 0.29) is 5.75 Å². The summed E-state index contributed by atoms with van der Waals surface area (Å²) in [6.07, 6.45) is 4.71. The summed E-state index contributed by atoms with van der Waals surface area (Å²) in [4.78, 5) is 10.00. The van der Waals surface area contributed by atoms with Crippen molar-refractivity contribution in [3.8, 4) is 5.75 Å². The Morgan fingerprint density at radius 2 is 2.23 bits per heavy atom. The van der Waals surface area contributed by atoms with Crippen molar-refractivity contribution >= 4 is 24.0 Å². The van der Waals surface area contributed by atoms with E-state index in [1.807, 2.05) is 0 Å². The number of halogens is 1. The fraction of sp³-hybridized carbons (Fsp3) is 0.100. The second-order valence-electron chi connectivity index (χ2n) is 2.52. The molecule has 0 aliphatic heterocycles. The van der Waals surface area contributed by atoms with Crippen LogP contribution in [0, 0.1) is 0 Å². The molecule has 1 aromatic rings. The van der Waals surface area contributed by atoms with Crippen LogP contribution in [-0.4, -0.2) is 11.4 Å². The Hall–Kier alpha value is -1.28. The number of rotatable bonds is 3. The lowest BCUT2D eigenvalue weighted by atomic mass is 10.2. The first-order chi connectivity index (χ1) is 6.24. The lowest BCUT2D eigenvalue weighted by molar-refractivity contribution is -0.107. The zero-order valence-electron chi connectivity index (χ0n) is 6.90. The Bertz CT molecular complexity index is 332. The maximum atomic E-state index is 10.00. The molecule has 68 valence electrons. The first-order valence-corrected chi connectivity index (χ1v) is 4.20. The van der Waals surface area contributed by atoms with Crippen LogP contribution in [-0.2, 0) is 4.79 Å². The van der Waals surface area contributed by atoms with Gasteiger partial charge in [0.05, 0.1) is 5.02 Å². The summed E-state index contributed by atoms with van der Waals surface area (Å²) in [5.41, 5.74) is 0.865. The Labute approximate surface area is 81.5 Å². The van der Waals surface area contributed by atoms with E-state index >= 15 is 0 Å². The molecule has 0 bridgehead atoms. The van der Waals surface area contributed by atoms with Crippen molar-refractivity contribution in [2.24, 2.45) is 0 Å². The van der Waals surface area contributed by atoms with Crippen LogP contribution in [0.4, 0.5) is 0 Å². The Kier molecular flexibility index (Phi) is 3.53. The summed E-state index contributed by atoms with van der Waals surface area (Å²) in [6.45, 7) is 0. The smallest absolute Gasteiger partial charge is 0.134 e. The van der Waals surface area contributed by atoms with Crippen LogP contribution in [0.25, 0.3) is 6.08 Å². The molecule has 0 saturated carbocycles. The Morgan fingerprint density at radius 3 is 2.85 bits per heavy atom. The molecule has 0 radical (unpaired) electrons. The first-order valence-electron chi connectivity index (χ1n) is 3.82. The molecular formula is C10H9ClO2. The molecule has 0 spiro atoms. The number of aromatic hydroxyl groups is 1. The quantitative estimate of drug-likeness (QED) is 0.755. The maximum Gasteiger partial charge on any atom is 0.134 e. The summed E-state index contributed by atoms with van der Waals surface area (Å²) in [6, 6.07) is 4.88. The molecule has 0 aliphatic carbocycles. The van der Waals surface area contributed by atoms with Gasteiger partial charge in [-0.1, -0.05) is 29.8 Å². The molecule has 1 rings (SSSR count). The Morgan fingerprint density at radius 1 is 1.46 bits per heavy atom. The van der Waals surface area contributed by atoms with Crippen molar-refractivity contribution in [3.05, 3.63) is 34.9 Å². The van der Waals surface area contributed by atoms with Gasteiger partial charge in [0.25, 0.3) is 0 Å². The van der Waals surface area contributed by atoms with Crippen LogP contribution in [0.2, 0.25) is 5.02 Å². The fourth-order valence-corrected chi connectivity index (χ4v) is 1.08. The average Bonchev–Trinajstić information content (AvgIpc) is 2.12. The number of allylic oxidation sites excluding steroid dienone is 1. The second kappa shape index (κ2) is 4.67. The third-order valence-electron chi connectivity index (χ3n) is 1.51. The van der Waals surface area contributed by atoms with Crippen molar-refractivity contribution in [3.63, 3.8) is 0 Å². The minimum Gasteiger partial charge on any atom is -0.506 e. The highest BCUT2D eigenvalue weighted by molar-refractivity contribution is 6.32. The number of phenols is 1. The van der Waals surface area contributed by atoms with Gasteiger partial charge in [-0.2, -0.15) is 0 Å². The molecule has 0 unspecified atom stereocenters. The van der Waals surface area contributed by atoms with E-state index in [1.165, 1.54) is 6.07 Å². The summed E-state index contributed by atoms with van der Waals surface area (Å²) in [5, 5.41) is 9.42. The van der Waals surface area contributed by atoms with Gasteiger partial charge in [0.15, 0.2) is 0 Å². The molecule has 0 saturated heterocycles. The van der Waals surface area contributed by atoms with Crippen molar-refractivity contribution in [1.82, 2.24) is 0 Å². The largest absolute Gasteiger partial charge is 0.506 e. The van der Waals surface area contributed by atoms with E-state index < -0.39 is 0 Å².